The van der Waals surface area contributed by atoms with Crippen LogP contribution < -0.4 is 0 Å². The summed E-state index contributed by atoms with van der Waals surface area (Å²) in [6, 6.07) is 1.59. The van der Waals surface area contributed by atoms with E-state index in [1.807, 2.05) is 0 Å². The second-order valence-corrected chi connectivity index (χ2v) is 2.43. The summed E-state index contributed by atoms with van der Waals surface area (Å²) in [5.74, 6) is -0.759. The molecular formula is C8H12N2O3. The first-order chi connectivity index (χ1) is 6.11. The van der Waals surface area contributed by atoms with E-state index in [0.717, 1.165) is 0 Å². The quantitative estimate of drug-likeness (QED) is 0.369. The van der Waals surface area contributed by atoms with Crippen molar-refractivity contribution in [3.63, 3.8) is 0 Å². The molecule has 0 atom stereocenters. The fourth-order valence-electron chi connectivity index (χ4n) is 0.461. The van der Waals surface area contributed by atoms with Crippen LogP contribution in [0.4, 0.5) is 0 Å². The molecule has 5 nitrogen and oxygen atoms in total. The maximum absolute atomic E-state index is 10.9. The van der Waals surface area contributed by atoms with Crippen LogP contribution in [0, 0.1) is 11.3 Å². The van der Waals surface area contributed by atoms with E-state index in [4.69, 9.17) is 10.1 Å². The Balaban J connectivity index is 4.26. The number of ether oxygens (including phenoxy) is 1. The van der Waals surface area contributed by atoms with Gasteiger partial charge in [-0.3, -0.25) is 0 Å². The molecule has 0 amide bonds. The highest BCUT2D eigenvalue weighted by Gasteiger charge is 2.12. The van der Waals surface area contributed by atoms with Crippen LogP contribution in [-0.4, -0.2) is 24.4 Å². The number of hydrogen-bond donors (Lipinski definition) is 0. The second-order valence-electron chi connectivity index (χ2n) is 2.43. The molecule has 0 aliphatic rings. The Morgan fingerprint density at radius 1 is 1.62 bits per heavy atom. The molecule has 72 valence electrons. The minimum atomic E-state index is -0.759. The van der Waals surface area contributed by atoms with Crippen LogP contribution >= 0.6 is 0 Å². The predicted molar refractivity (Wildman–Crippen MR) is 45.9 cm³/mol. The maximum atomic E-state index is 10.9. The standard InChI is InChI=1S/C8H12N2O3/c1-4-12-8(11)7(5-9)10-13-6(2)3/h6H,4H2,1-3H3. The Labute approximate surface area is 76.9 Å². The van der Waals surface area contributed by atoms with Gasteiger partial charge in [0, 0.05) is 0 Å². The number of hydrogen-bond acceptors (Lipinski definition) is 5. The van der Waals surface area contributed by atoms with Gasteiger partial charge in [-0.15, -0.1) is 0 Å². The van der Waals surface area contributed by atoms with E-state index in [1.54, 1.807) is 26.8 Å². The van der Waals surface area contributed by atoms with Gasteiger partial charge in [-0.25, -0.2) is 4.79 Å². The van der Waals surface area contributed by atoms with Crippen molar-refractivity contribution >= 4 is 11.7 Å². The highest BCUT2D eigenvalue weighted by Crippen LogP contribution is 1.91. The van der Waals surface area contributed by atoms with E-state index >= 15 is 0 Å². The molecule has 0 heterocycles. The van der Waals surface area contributed by atoms with Crippen molar-refractivity contribution < 1.29 is 14.4 Å². The van der Waals surface area contributed by atoms with Gasteiger partial charge in [-0.05, 0) is 20.8 Å². The fraction of sp³-hybridized carbons (Fsp3) is 0.625. The molecule has 0 radical (unpaired) electrons. The molecule has 0 aromatic heterocycles. The summed E-state index contributed by atoms with van der Waals surface area (Å²) in [6.45, 7) is 5.34. The van der Waals surface area contributed by atoms with Crippen molar-refractivity contribution in [2.45, 2.75) is 26.9 Å². The highest BCUT2D eigenvalue weighted by atomic mass is 16.6. The molecule has 0 aliphatic carbocycles. The molecule has 0 saturated carbocycles. The van der Waals surface area contributed by atoms with Crippen molar-refractivity contribution in [1.29, 1.82) is 5.26 Å². The molecule has 0 aromatic rings. The summed E-state index contributed by atoms with van der Waals surface area (Å²) in [4.78, 5) is 15.7. The van der Waals surface area contributed by atoms with E-state index in [2.05, 4.69) is 9.89 Å². The van der Waals surface area contributed by atoms with Crippen LogP contribution in [0.2, 0.25) is 0 Å². The van der Waals surface area contributed by atoms with Crippen LogP contribution in [0.25, 0.3) is 0 Å². The SMILES string of the molecule is CCOC(=O)C(C#N)=NOC(C)C. The lowest BCUT2D eigenvalue weighted by molar-refractivity contribution is -0.135. The molecule has 0 bridgehead atoms. The second kappa shape index (κ2) is 6.00. The molecule has 0 saturated heterocycles. The lowest BCUT2D eigenvalue weighted by Gasteiger charge is -2.02. The zero-order chi connectivity index (χ0) is 10.3. The molecule has 0 aromatic carbocycles. The van der Waals surface area contributed by atoms with Crippen LogP contribution in [0.1, 0.15) is 20.8 Å². The van der Waals surface area contributed by atoms with Crippen molar-refractivity contribution in [2.75, 3.05) is 6.61 Å². The summed E-state index contributed by atoms with van der Waals surface area (Å²) in [5, 5.41) is 11.8. The minimum Gasteiger partial charge on any atom is -0.461 e. The zero-order valence-electron chi connectivity index (χ0n) is 7.90. The van der Waals surface area contributed by atoms with Crippen molar-refractivity contribution in [3.05, 3.63) is 0 Å². The monoisotopic (exact) mass is 184 g/mol. The van der Waals surface area contributed by atoms with Gasteiger partial charge in [-0.2, -0.15) is 5.26 Å². The molecule has 0 fully saturated rings. The van der Waals surface area contributed by atoms with Gasteiger partial charge < -0.3 is 9.57 Å². The first-order valence-corrected chi connectivity index (χ1v) is 3.92. The molecule has 0 unspecified atom stereocenters. The summed E-state index contributed by atoms with van der Waals surface area (Å²) in [5.41, 5.74) is -0.365. The largest absolute Gasteiger partial charge is 0.461 e. The van der Waals surface area contributed by atoms with Gasteiger partial charge in [-0.1, -0.05) is 5.16 Å². The summed E-state index contributed by atoms with van der Waals surface area (Å²) in [7, 11) is 0. The lowest BCUT2D eigenvalue weighted by atomic mass is 10.4. The number of esters is 1. The molecule has 5 heteroatoms. The van der Waals surface area contributed by atoms with Crippen molar-refractivity contribution in [2.24, 2.45) is 5.16 Å². The first kappa shape index (κ1) is 11.4. The molecule has 13 heavy (non-hydrogen) atoms. The third-order valence-corrected chi connectivity index (χ3v) is 0.929. The van der Waals surface area contributed by atoms with E-state index < -0.39 is 5.97 Å². The van der Waals surface area contributed by atoms with Gasteiger partial charge in [0.15, 0.2) is 0 Å². The summed E-state index contributed by atoms with van der Waals surface area (Å²) >= 11 is 0. The summed E-state index contributed by atoms with van der Waals surface area (Å²) < 4.78 is 4.55. The minimum absolute atomic E-state index is 0.169. The Kier molecular flexibility index (Phi) is 5.28. The van der Waals surface area contributed by atoms with Gasteiger partial charge in [0.2, 0.25) is 0 Å². The van der Waals surface area contributed by atoms with Crippen molar-refractivity contribution in [1.82, 2.24) is 0 Å². The maximum Gasteiger partial charge on any atom is 0.371 e. The average molecular weight is 184 g/mol. The predicted octanol–water partition coefficient (Wildman–Crippen LogP) is 0.854. The molecule has 0 N–H and O–H groups in total. The van der Waals surface area contributed by atoms with Crippen molar-refractivity contribution in [3.8, 4) is 6.07 Å². The smallest absolute Gasteiger partial charge is 0.371 e. The third kappa shape index (κ3) is 4.80. The third-order valence-electron chi connectivity index (χ3n) is 0.929. The molecular weight excluding hydrogens is 172 g/mol. The topological polar surface area (TPSA) is 71.7 Å². The van der Waals surface area contributed by atoms with Gasteiger partial charge in [0.05, 0.1) is 6.61 Å². The van der Waals surface area contributed by atoms with E-state index in [1.165, 1.54) is 0 Å². The number of nitrogens with zero attached hydrogens (tertiary/aromatic N) is 2. The van der Waals surface area contributed by atoms with Gasteiger partial charge in [0.25, 0.3) is 5.71 Å². The number of rotatable bonds is 4. The van der Waals surface area contributed by atoms with E-state index in [0.29, 0.717) is 0 Å². The number of oxime groups is 1. The highest BCUT2D eigenvalue weighted by molar-refractivity contribution is 6.42. The summed E-state index contributed by atoms with van der Waals surface area (Å²) in [6.07, 6.45) is -0.169. The fourth-order valence-corrected chi connectivity index (χ4v) is 0.461. The zero-order valence-corrected chi connectivity index (χ0v) is 7.90. The Morgan fingerprint density at radius 3 is 2.62 bits per heavy atom. The number of nitriles is 1. The Bertz CT molecular complexity index is 240. The molecule has 0 spiro atoms. The van der Waals surface area contributed by atoms with Gasteiger partial charge in [0.1, 0.15) is 12.2 Å². The Morgan fingerprint density at radius 2 is 2.23 bits per heavy atom. The van der Waals surface area contributed by atoms with Crippen LogP contribution in [0.15, 0.2) is 5.16 Å². The van der Waals surface area contributed by atoms with E-state index in [9.17, 15) is 4.79 Å². The van der Waals surface area contributed by atoms with E-state index in [-0.39, 0.29) is 18.4 Å². The first-order valence-electron chi connectivity index (χ1n) is 3.92. The lowest BCUT2D eigenvalue weighted by Crippen LogP contribution is -2.16. The van der Waals surface area contributed by atoms with Crippen LogP contribution in [0.5, 0.6) is 0 Å². The average Bonchev–Trinajstić information content (AvgIpc) is 2.05. The molecule has 0 aliphatic heterocycles. The van der Waals surface area contributed by atoms with Crippen LogP contribution in [-0.2, 0) is 14.4 Å². The number of carbonyl (C=O) groups is 1. The van der Waals surface area contributed by atoms with Crippen LogP contribution in [0.3, 0.4) is 0 Å². The normalized spacial score (nSPS) is 10.8. The number of carbonyl (C=O) groups excluding carboxylic acids is 1. The van der Waals surface area contributed by atoms with Gasteiger partial charge >= 0.3 is 5.97 Å². The molecule has 0 rings (SSSR count). The Hall–Kier alpha value is -1.57.